The van der Waals surface area contributed by atoms with Crippen molar-refractivity contribution < 1.29 is 4.74 Å². The van der Waals surface area contributed by atoms with Crippen molar-refractivity contribution in [2.75, 3.05) is 6.61 Å². The molecule has 0 atom stereocenters. The Morgan fingerprint density at radius 1 is 1.55 bits per heavy atom. The van der Waals surface area contributed by atoms with Crippen molar-refractivity contribution in [2.45, 2.75) is 26.9 Å². The van der Waals surface area contributed by atoms with E-state index in [1.54, 1.807) is 0 Å². The van der Waals surface area contributed by atoms with Crippen LogP contribution in [0, 0.1) is 0 Å². The van der Waals surface area contributed by atoms with Crippen LogP contribution in [0.4, 0.5) is 0 Å². The second kappa shape index (κ2) is 5.98. The maximum atomic E-state index is 5.31. The van der Waals surface area contributed by atoms with Crippen LogP contribution >= 0.6 is 0 Å². The van der Waals surface area contributed by atoms with Gasteiger partial charge in [0.25, 0.3) is 0 Å². The second-order valence-corrected chi connectivity index (χ2v) is 2.69. The third kappa shape index (κ3) is 7.13. The summed E-state index contributed by atoms with van der Waals surface area (Å²) < 4.78 is 5.31. The minimum Gasteiger partial charge on any atom is -0.405 e. The third-order valence-corrected chi connectivity index (χ3v) is 1.19. The zero-order valence-electron chi connectivity index (χ0n) is 7.50. The van der Waals surface area contributed by atoms with Crippen molar-refractivity contribution in [3.63, 3.8) is 0 Å². The maximum absolute atomic E-state index is 5.31. The van der Waals surface area contributed by atoms with Gasteiger partial charge in [0, 0.05) is 0 Å². The highest BCUT2D eigenvalue weighted by atomic mass is 16.5. The van der Waals surface area contributed by atoms with E-state index in [1.165, 1.54) is 6.20 Å². The molecule has 0 aliphatic heterocycles. The predicted octanol–water partition coefficient (Wildman–Crippen LogP) is 1.83. The number of ether oxygens (including phenoxy) is 1. The Kier molecular flexibility index (Phi) is 5.57. The van der Waals surface area contributed by atoms with Gasteiger partial charge in [-0.1, -0.05) is 11.6 Å². The molecule has 64 valence electrons. The van der Waals surface area contributed by atoms with E-state index in [-0.39, 0.29) is 0 Å². The summed E-state index contributed by atoms with van der Waals surface area (Å²) in [6.45, 7) is 6.69. The van der Waals surface area contributed by atoms with Gasteiger partial charge in [0.1, 0.15) is 0 Å². The van der Waals surface area contributed by atoms with Crippen LogP contribution in [-0.2, 0) is 4.74 Å². The molecular formula is C9H17NO. The fourth-order valence-corrected chi connectivity index (χ4v) is 0.592. The molecule has 0 aromatic heterocycles. The molecule has 2 nitrogen and oxygen atoms in total. The molecule has 0 bridgehead atoms. The highest BCUT2D eigenvalue weighted by Crippen LogP contribution is 1.95. The number of hydrogen-bond acceptors (Lipinski definition) is 2. The first-order valence-corrected chi connectivity index (χ1v) is 3.83. The SMILES string of the molecule is CC(/C=C\N)=C/COC(C)C. The predicted molar refractivity (Wildman–Crippen MR) is 48.2 cm³/mol. The molecule has 0 saturated heterocycles. The summed E-state index contributed by atoms with van der Waals surface area (Å²) in [4.78, 5) is 0. The number of allylic oxidation sites excluding steroid dienone is 2. The molecule has 0 radical (unpaired) electrons. The van der Waals surface area contributed by atoms with E-state index < -0.39 is 0 Å². The lowest BCUT2D eigenvalue weighted by Gasteiger charge is -2.03. The Bertz CT molecular complexity index is 148. The molecule has 0 aliphatic carbocycles. The van der Waals surface area contributed by atoms with Crippen LogP contribution < -0.4 is 5.73 Å². The molecule has 0 amide bonds. The molecular weight excluding hydrogens is 138 g/mol. The van der Waals surface area contributed by atoms with E-state index in [0.29, 0.717) is 12.7 Å². The monoisotopic (exact) mass is 155 g/mol. The maximum Gasteiger partial charge on any atom is 0.0656 e. The lowest BCUT2D eigenvalue weighted by Crippen LogP contribution is -2.01. The van der Waals surface area contributed by atoms with Gasteiger partial charge in [-0.15, -0.1) is 0 Å². The number of nitrogens with two attached hydrogens (primary N) is 1. The average Bonchev–Trinajstić information content (AvgIpc) is 1.87. The van der Waals surface area contributed by atoms with Crippen LogP contribution in [0.2, 0.25) is 0 Å². The summed E-state index contributed by atoms with van der Waals surface area (Å²) in [5, 5.41) is 0. The van der Waals surface area contributed by atoms with E-state index in [9.17, 15) is 0 Å². The first kappa shape index (κ1) is 10.2. The van der Waals surface area contributed by atoms with Gasteiger partial charge in [0.05, 0.1) is 12.7 Å². The van der Waals surface area contributed by atoms with Crippen LogP contribution in [0.15, 0.2) is 23.9 Å². The summed E-state index contributed by atoms with van der Waals surface area (Å²) in [6.07, 6.45) is 5.68. The van der Waals surface area contributed by atoms with Gasteiger partial charge in [-0.25, -0.2) is 0 Å². The minimum atomic E-state index is 0.293. The molecule has 0 unspecified atom stereocenters. The van der Waals surface area contributed by atoms with E-state index in [0.717, 1.165) is 5.57 Å². The molecule has 2 N–H and O–H groups in total. The van der Waals surface area contributed by atoms with Gasteiger partial charge in [0.2, 0.25) is 0 Å². The second-order valence-electron chi connectivity index (χ2n) is 2.69. The van der Waals surface area contributed by atoms with E-state index >= 15 is 0 Å². The summed E-state index contributed by atoms with van der Waals surface area (Å²) in [5.41, 5.74) is 6.33. The topological polar surface area (TPSA) is 35.2 Å². The summed E-state index contributed by atoms with van der Waals surface area (Å²) in [5.74, 6) is 0. The molecule has 0 heterocycles. The summed E-state index contributed by atoms with van der Waals surface area (Å²) in [7, 11) is 0. The highest BCUT2D eigenvalue weighted by Gasteiger charge is 1.88. The molecule has 0 aromatic carbocycles. The largest absolute Gasteiger partial charge is 0.405 e. The molecule has 0 aliphatic rings. The van der Waals surface area contributed by atoms with Gasteiger partial charge in [-0.3, -0.25) is 0 Å². The van der Waals surface area contributed by atoms with Gasteiger partial charge in [-0.05, 0) is 33.0 Å². The molecule has 0 fully saturated rings. The van der Waals surface area contributed by atoms with Crippen molar-refractivity contribution in [1.29, 1.82) is 0 Å². The van der Waals surface area contributed by atoms with Crippen LogP contribution in [0.25, 0.3) is 0 Å². The Morgan fingerprint density at radius 2 is 2.18 bits per heavy atom. The smallest absolute Gasteiger partial charge is 0.0656 e. The molecule has 0 saturated carbocycles. The Hall–Kier alpha value is -0.760. The van der Waals surface area contributed by atoms with Crippen LogP contribution in [-0.4, -0.2) is 12.7 Å². The molecule has 0 rings (SSSR count). The minimum absolute atomic E-state index is 0.293. The van der Waals surface area contributed by atoms with E-state index in [1.807, 2.05) is 32.9 Å². The van der Waals surface area contributed by atoms with Crippen molar-refractivity contribution in [1.82, 2.24) is 0 Å². The zero-order chi connectivity index (χ0) is 8.69. The molecule has 0 spiro atoms. The highest BCUT2D eigenvalue weighted by molar-refractivity contribution is 5.14. The average molecular weight is 155 g/mol. The standard InChI is InChI=1S/C9H17NO/c1-8(2)11-7-5-9(3)4-6-10/h4-6,8H,7,10H2,1-3H3/b6-4-,9-5-. The number of rotatable bonds is 4. The third-order valence-electron chi connectivity index (χ3n) is 1.19. The summed E-state index contributed by atoms with van der Waals surface area (Å²) in [6, 6.07) is 0. The lowest BCUT2D eigenvalue weighted by atomic mass is 10.3. The molecule has 2 heteroatoms. The van der Waals surface area contributed by atoms with Gasteiger partial charge in [-0.2, -0.15) is 0 Å². The quantitative estimate of drug-likeness (QED) is 0.629. The van der Waals surface area contributed by atoms with Crippen molar-refractivity contribution in [2.24, 2.45) is 5.73 Å². The van der Waals surface area contributed by atoms with Crippen LogP contribution in [0.3, 0.4) is 0 Å². The Labute approximate surface area is 68.7 Å². The zero-order valence-corrected chi connectivity index (χ0v) is 7.50. The van der Waals surface area contributed by atoms with Crippen LogP contribution in [0.5, 0.6) is 0 Å². The fourth-order valence-electron chi connectivity index (χ4n) is 0.592. The summed E-state index contributed by atoms with van der Waals surface area (Å²) >= 11 is 0. The lowest BCUT2D eigenvalue weighted by molar-refractivity contribution is 0.102. The van der Waals surface area contributed by atoms with Gasteiger partial charge < -0.3 is 10.5 Å². The Morgan fingerprint density at radius 3 is 2.64 bits per heavy atom. The van der Waals surface area contributed by atoms with Gasteiger partial charge >= 0.3 is 0 Å². The van der Waals surface area contributed by atoms with E-state index in [4.69, 9.17) is 10.5 Å². The number of hydrogen-bond donors (Lipinski definition) is 1. The van der Waals surface area contributed by atoms with Crippen LogP contribution in [0.1, 0.15) is 20.8 Å². The fraction of sp³-hybridized carbons (Fsp3) is 0.556. The van der Waals surface area contributed by atoms with Crippen molar-refractivity contribution >= 4 is 0 Å². The van der Waals surface area contributed by atoms with Crippen molar-refractivity contribution in [3.05, 3.63) is 23.9 Å². The van der Waals surface area contributed by atoms with E-state index in [2.05, 4.69) is 0 Å². The van der Waals surface area contributed by atoms with Crippen molar-refractivity contribution in [3.8, 4) is 0 Å². The molecule has 0 aromatic rings. The molecule has 11 heavy (non-hydrogen) atoms. The Balaban J connectivity index is 3.56. The van der Waals surface area contributed by atoms with Gasteiger partial charge in [0.15, 0.2) is 0 Å². The first-order chi connectivity index (χ1) is 5.16. The first-order valence-electron chi connectivity index (χ1n) is 3.83. The normalized spacial score (nSPS) is 13.3.